The molecule has 88 valence electrons. The van der Waals surface area contributed by atoms with Gasteiger partial charge in [0.1, 0.15) is 12.7 Å². The molecule has 15 heavy (non-hydrogen) atoms. The zero-order valence-corrected chi connectivity index (χ0v) is 9.36. The average molecular weight is 218 g/mol. The Hall–Kier alpha value is -0.650. The van der Waals surface area contributed by atoms with Crippen LogP contribution in [-0.2, 0) is 19.0 Å². The van der Waals surface area contributed by atoms with Crippen LogP contribution in [0.5, 0.6) is 0 Å². The Kier molecular flexibility index (Phi) is 4.07. The van der Waals surface area contributed by atoms with E-state index in [9.17, 15) is 4.79 Å². The number of ether oxygens (including phenoxy) is 3. The Morgan fingerprint density at radius 2 is 2.00 bits per heavy atom. The van der Waals surface area contributed by atoms with Crippen LogP contribution in [0.2, 0.25) is 0 Å². The van der Waals surface area contributed by atoms with E-state index in [-0.39, 0.29) is 31.4 Å². The summed E-state index contributed by atoms with van der Waals surface area (Å²) in [5, 5.41) is 8.85. The van der Waals surface area contributed by atoms with Crippen molar-refractivity contribution in [2.75, 3.05) is 13.2 Å². The monoisotopic (exact) mass is 218 g/mol. The maximum atomic E-state index is 10.7. The lowest BCUT2D eigenvalue weighted by Crippen LogP contribution is -2.29. The molecule has 1 fully saturated rings. The molecule has 0 spiro atoms. The minimum atomic E-state index is -0.676. The molecular weight excluding hydrogens is 200 g/mol. The van der Waals surface area contributed by atoms with Crippen molar-refractivity contribution in [3.63, 3.8) is 0 Å². The van der Waals surface area contributed by atoms with E-state index in [1.165, 1.54) is 6.92 Å². The predicted molar refractivity (Wildman–Crippen MR) is 52.2 cm³/mol. The molecule has 0 bridgehead atoms. The third-order valence-corrected chi connectivity index (χ3v) is 2.15. The maximum absolute atomic E-state index is 10.7. The first-order chi connectivity index (χ1) is 6.94. The van der Waals surface area contributed by atoms with Gasteiger partial charge in [0.05, 0.1) is 6.10 Å². The second kappa shape index (κ2) is 4.92. The number of carbonyl (C=O) groups is 1. The van der Waals surface area contributed by atoms with Crippen molar-refractivity contribution in [3.05, 3.63) is 0 Å². The van der Waals surface area contributed by atoms with Crippen molar-refractivity contribution in [3.8, 4) is 0 Å². The van der Waals surface area contributed by atoms with Gasteiger partial charge in [-0.15, -0.1) is 0 Å². The van der Waals surface area contributed by atoms with Crippen LogP contribution in [-0.4, -0.2) is 42.3 Å². The maximum Gasteiger partial charge on any atom is 0.302 e. The van der Waals surface area contributed by atoms with E-state index < -0.39 is 5.79 Å². The van der Waals surface area contributed by atoms with E-state index in [2.05, 4.69) is 0 Å². The fraction of sp³-hybridized carbons (Fsp3) is 0.900. The van der Waals surface area contributed by atoms with Gasteiger partial charge in [0.25, 0.3) is 0 Å². The molecule has 1 N–H and O–H groups in total. The van der Waals surface area contributed by atoms with Crippen LogP contribution in [0.15, 0.2) is 0 Å². The zero-order chi connectivity index (χ0) is 11.5. The van der Waals surface area contributed by atoms with Crippen molar-refractivity contribution >= 4 is 5.97 Å². The minimum Gasteiger partial charge on any atom is -0.463 e. The molecule has 5 heteroatoms. The van der Waals surface area contributed by atoms with E-state index in [4.69, 9.17) is 19.3 Å². The standard InChI is InChI=1S/C10H18O5/c1-7(12)13-6-9-8(4-5-11)14-10(2,3)15-9/h8-9,11H,4-6H2,1-3H3/t8-,9+/m0/s1. The Morgan fingerprint density at radius 3 is 2.53 bits per heavy atom. The number of hydrogen-bond donors (Lipinski definition) is 1. The second-order valence-corrected chi connectivity index (χ2v) is 4.03. The average Bonchev–Trinajstić information content (AvgIpc) is 2.38. The fourth-order valence-corrected chi connectivity index (χ4v) is 1.62. The second-order valence-electron chi connectivity index (χ2n) is 4.03. The molecule has 1 aliphatic rings. The van der Waals surface area contributed by atoms with Crippen LogP contribution < -0.4 is 0 Å². The summed E-state index contributed by atoms with van der Waals surface area (Å²) in [6, 6.07) is 0. The highest BCUT2D eigenvalue weighted by Gasteiger charge is 2.41. The van der Waals surface area contributed by atoms with Gasteiger partial charge in [-0.3, -0.25) is 4.79 Å². The van der Waals surface area contributed by atoms with Gasteiger partial charge < -0.3 is 19.3 Å². The lowest BCUT2D eigenvalue weighted by Gasteiger charge is -2.16. The molecule has 2 atom stereocenters. The van der Waals surface area contributed by atoms with Gasteiger partial charge in [0, 0.05) is 13.5 Å². The lowest BCUT2D eigenvalue weighted by atomic mass is 10.1. The van der Waals surface area contributed by atoms with Crippen molar-refractivity contribution in [1.29, 1.82) is 0 Å². The molecule has 0 aromatic heterocycles. The van der Waals surface area contributed by atoms with Crippen molar-refractivity contribution in [1.82, 2.24) is 0 Å². The summed E-state index contributed by atoms with van der Waals surface area (Å²) in [7, 11) is 0. The lowest BCUT2D eigenvalue weighted by molar-refractivity contribution is -0.158. The highest BCUT2D eigenvalue weighted by atomic mass is 16.8. The summed E-state index contributed by atoms with van der Waals surface area (Å²) in [6.45, 7) is 5.14. The van der Waals surface area contributed by atoms with Gasteiger partial charge in [0.15, 0.2) is 5.79 Å². The minimum absolute atomic E-state index is 0.0285. The molecule has 1 saturated heterocycles. The number of aliphatic hydroxyl groups is 1. The van der Waals surface area contributed by atoms with E-state index >= 15 is 0 Å². The van der Waals surface area contributed by atoms with Crippen molar-refractivity contribution in [2.45, 2.75) is 45.2 Å². The summed E-state index contributed by atoms with van der Waals surface area (Å²) in [5.74, 6) is -1.02. The first-order valence-electron chi connectivity index (χ1n) is 5.04. The Morgan fingerprint density at radius 1 is 1.40 bits per heavy atom. The predicted octanol–water partition coefficient (Wildman–Crippen LogP) is 0.452. The molecule has 1 rings (SSSR count). The number of rotatable bonds is 4. The molecule has 0 aromatic carbocycles. The zero-order valence-electron chi connectivity index (χ0n) is 9.36. The summed E-state index contributed by atoms with van der Waals surface area (Å²) in [6.07, 6.45) is -0.0320. The molecular formula is C10H18O5. The Bertz CT molecular complexity index is 226. The van der Waals surface area contributed by atoms with E-state index in [0.717, 1.165) is 0 Å². The molecule has 1 heterocycles. The quantitative estimate of drug-likeness (QED) is 0.694. The van der Waals surface area contributed by atoms with Crippen LogP contribution in [0, 0.1) is 0 Å². The molecule has 0 aromatic rings. The largest absolute Gasteiger partial charge is 0.463 e. The fourth-order valence-electron chi connectivity index (χ4n) is 1.62. The topological polar surface area (TPSA) is 65.0 Å². The first-order valence-corrected chi connectivity index (χ1v) is 5.04. The molecule has 0 saturated carbocycles. The van der Waals surface area contributed by atoms with Gasteiger partial charge in [-0.25, -0.2) is 0 Å². The van der Waals surface area contributed by atoms with Gasteiger partial charge in [-0.2, -0.15) is 0 Å². The normalized spacial score (nSPS) is 29.1. The Labute approximate surface area is 89.3 Å². The van der Waals surface area contributed by atoms with Crippen LogP contribution in [0.3, 0.4) is 0 Å². The highest BCUT2D eigenvalue weighted by molar-refractivity contribution is 5.65. The van der Waals surface area contributed by atoms with E-state index in [1.54, 1.807) is 13.8 Å². The molecule has 0 unspecified atom stereocenters. The van der Waals surface area contributed by atoms with Crippen molar-refractivity contribution < 1.29 is 24.1 Å². The van der Waals surface area contributed by atoms with Gasteiger partial charge in [0.2, 0.25) is 0 Å². The number of esters is 1. The van der Waals surface area contributed by atoms with E-state index in [1.807, 2.05) is 0 Å². The van der Waals surface area contributed by atoms with Gasteiger partial charge >= 0.3 is 5.97 Å². The smallest absolute Gasteiger partial charge is 0.302 e. The molecule has 1 aliphatic heterocycles. The summed E-state index contributed by atoms with van der Waals surface area (Å²) in [5.41, 5.74) is 0. The van der Waals surface area contributed by atoms with Crippen molar-refractivity contribution in [2.24, 2.45) is 0 Å². The third kappa shape index (κ3) is 3.77. The van der Waals surface area contributed by atoms with Gasteiger partial charge in [-0.1, -0.05) is 0 Å². The van der Waals surface area contributed by atoms with Crippen LogP contribution in [0.4, 0.5) is 0 Å². The summed E-state index contributed by atoms with van der Waals surface area (Å²) >= 11 is 0. The first kappa shape index (κ1) is 12.4. The molecule has 0 radical (unpaired) electrons. The summed E-state index contributed by atoms with van der Waals surface area (Å²) < 4.78 is 16.0. The number of hydrogen-bond acceptors (Lipinski definition) is 5. The SMILES string of the molecule is CC(=O)OC[C@H]1OC(C)(C)O[C@H]1CCO. The molecule has 0 amide bonds. The van der Waals surface area contributed by atoms with Crippen LogP contribution >= 0.6 is 0 Å². The molecule has 5 nitrogen and oxygen atoms in total. The van der Waals surface area contributed by atoms with Gasteiger partial charge in [-0.05, 0) is 20.3 Å². The van der Waals surface area contributed by atoms with E-state index in [0.29, 0.717) is 6.42 Å². The highest BCUT2D eigenvalue weighted by Crippen LogP contribution is 2.29. The number of carbonyl (C=O) groups excluding carboxylic acids is 1. The Balaban J connectivity index is 2.49. The molecule has 0 aliphatic carbocycles. The van der Waals surface area contributed by atoms with Crippen LogP contribution in [0.1, 0.15) is 27.2 Å². The van der Waals surface area contributed by atoms with Crippen LogP contribution in [0.25, 0.3) is 0 Å². The number of aliphatic hydroxyl groups excluding tert-OH is 1. The summed E-state index contributed by atoms with van der Waals surface area (Å²) in [4.78, 5) is 10.7. The third-order valence-electron chi connectivity index (χ3n) is 2.15.